The molecule has 0 spiro atoms. The molecular formula is C22H20N2O4. The van der Waals surface area contributed by atoms with Gasteiger partial charge in [0.1, 0.15) is 11.3 Å². The predicted molar refractivity (Wildman–Crippen MR) is 107 cm³/mol. The Morgan fingerprint density at radius 2 is 1.79 bits per heavy atom. The van der Waals surface area contributed by atoms with E-state index in [1.807, 2.05) is 24.3 Å². The van der Waals surface area contributed by atoms with Crippen molar-refractivity contribution >= 4 is 17.4 Å². The molecule has 6 heteroatoms. The summed E-state index contributed by atoms with van der Waals surface area (Å²) in [6.45, 7) is 1.80. The fourth-order valence-corrected chi connectivity index (χ4v) is 2.79. The zero-order valence-corrected chi connectivity index (χ0v) is 15.6. The standard InChI is InChI=1S/C22H20N2O4/c1-15(25)17-8-10-18(11-9-17)23-21(26)20-7-4-12-24(22(20)27)14-16-5-3-6-19(13-16)28-2/h3-13H,14H2,1-2H3,(H,23,26). The van der Waals surface area contributed by atoms with Gasteiger partial charge in [-0.05, 0) is 61.0 Å². The number of methoxy groups -OCH3 is 1. The molecule has 0 aliphatic rings. The molecule has 0 aliphatic heterocycles. The number of aromatic nitrogens is 1. The molecule has 6 nitrogen and oxygen atoms in total. The number of Topliss-reactive ketones (excluding diaryl/α,β-unsaturated/α-hetero) is 1. The molecule has 1 heterocycles. The number of benzene rings is 2. The summed E-state index contributed by atoms with van der Waals surface area (Å²) in [6, 6.07) is 17.1. The maximum absolute atomic E-state index is 12.7. The van der Waals surface area contributed by atoms with Crippen LogP contribution in [0.25, 0.3) is 0 Å². The number of amides is 1. The quantitative estimate of drug-likeness (QED) is 0.669. The van der Waals surface area contributed by atoms with Crippen LogP contribution in [-0.4, -0.2) is 23.4 Å². The summed E-state index contributed by atoms with van der Waals surface area (Å²) in [7, 11) is 1.58. The van der Waals surface area contributed by atoms with Crippen LogP contribution in [0.15, 0.2) is 71.7 Å². The van der Waals surface area contributed by atoms with Gasteiger partial charge in [-0.2, -0.15) is 0 Å². The lowest BCUT2D eigenvalue weighted by atomic mass is 10.1. The Balaban J connectivity index is 1.80. The summed E-state index contributed by atoms with van der Waals surface area (Å²) in [6.07, 6.45) is 1.64. The minimum Gasteiger partial charge on any atom is -0.497 e. The molecule has 0 fully saturated rings. The highest BCUT2D eigenvalue weighted by Gasteiger charge is 2.13. The average Bonchev–Trinajstić information content (AvgIpc) is 2.70. The third kappa shape index (κ3) is 4.35. The van der Waals surface area contributed by atoms with Gasteiger partial charge in [0.25, 0.3) is 11.5 Å². The monoisotopic (exact) mass is 376 g/mol. The zero-order valence-electron chi connectivity index (χ0n) is 15.6. The van der Waals surface area contributed by atoms with Crippen molar-refractivity contribution in [2.75, 3.05) is 12.4 Å². The number of rotatable bonds is 6. The highest BCUT2D eigenvalue weighted by Crippen LogP contribution is 2.14. The molecule has 0 aliphatic carbocycles. The molecule has 0 bridgehead atoms. The number of ether oxygens (including phenoxy) is 1. The largest absolute Gasteiger partial charge is 0.497 e. The van der Waals surface area contributed by atoms with Gasteiger partial charge in [0.05, 0.1) is 13.7 Å². The summed E-state index contributed by atoms with van der Waals surface area (Å²) in [5, 5.41) is 2.69. The molecule has 1 N–H and O–H groups in total. The van der Waals surface area contributed by atoms with Gasteiger partial charge in [-0.3, -0.25) is 14.4 Å². The van der Waals surface area contributed by atoms with Gasteiger partial charge in [-0.15, -0.1) is 0 Å². The van der Waals surface area contributed by atoms with Crippen molar-refractivity contribution in [2.24, 2.45) is 0 Å². The van der Waals surface area contributed by atoms with Crippen molar-refractivity contribution in [2.45, 2.75) is 13.5 Å². The van der Waals surface area contributed by atoms with Crippen LogP contribution < -0.4 is 15.6 Å². The van der Waals surface area contributed by atoms with E-state index in [1.165, 1.54) is 17.6 Å². The van der Waals surface area contributed by atoms with Crippen LogP contribution in [0.1, 0.15) is 33.2 Å². The van der Waals surface area contributed by atoms with Crippen LogP contribution in [0.4, 0.5) is 5.69 Å². The van der Waals surface area contributed by atoms with E-state index < -0.39 is 5.91 Å². The Labute approximate surface area is 162 Å². The SMILES string of the molecule is COc1cccc(Cn2cccc(C(=O)Nc3ccc(C(C)=O)cc3)c2=O)c1. The highest BCUT2D eigenvalue weighted by atomic mass is 16.5. The summed E-state index contributed by atoms with van der Waals surface area (Å²) in [5.74, 6) is 0.149. The molecule has 0 unspecified atom stereocenters. The van der Waals surface area contributed by atoms with Gasteiger partial charge < -0.3 is 14.6 Å². The molecule has 1 aromatic heterocycles. The van der Waals surface area contributed by atoms with E-state index in [2.05, 4.69) is 5.32 Å². The first-order valence-electron chi connectivity index (χ1n) is 8.72. The summed E-state index contributed by atoms with van der Waals surface area (Å²) in [4.78, 5) is 36.6. The Morgan fingerprint density at radius 1 is 1.04 bits per heavy atom. The van der Waals surface area contributed by atoms with Crippen molar-refractivity contribution in [1.29, 1.82) is 0 Å². The smallest absolute Gasteiger partial charge is 0.263 e. The Bertz CT molecular complexity index is 1070. The number of hydrogen-bond donors (Lipinski definition) is 1. The van der Waals surface area contributed by atoms with Crippen LogP contribution in [0.3, 0.4) is 0 Å². The van der Waals surface area contributed by atoms with Gasteiger partial charge in [0.2, 0.25) is 0 Å². The molecule has 0 saturated heterocycles. The number of nitrogens with zero attached hydrogens (tertiary/aromatic N) is 1. The Kier molecular flexibility index (Phi) is 5.69. The fraction of sp³-hybridized carbons (Fsp3) is 0.136. The summed E-state index contributed by atoms with van der Waals surface area (Å²) >= 11 is 0. The van der Waals surface area contributed by atoms with Crippen LogP contribution in [0, 0.1) is 0 Å². The van der Waals surface area contributed by atoms with Crippen molar-refractivity contribution in [3.8, 4) is 5.75 Å². The van der Waals surface area contributed by atoms with Gasteiger partial charge in [-0.1, -0.05) is 12.1 Å². The van der Waals surface area contributed by atoms with Gasteiger partial charge in [0.15, 0.2) is 5.78 Å². The lowest BCUT2D eigenvalue weighted by Crippen LogP contribution is -2.29. The van der Waals surface area contributed by atoms with Crippen molar-refractivity contribution in [3.05, 3.63) is 93.9 Å². The van der Waals surface area contributed by atoms with Crippen molar-refractivity contribution in [1.82, 2.24) is 4.57 Å². The first kappa shape index (κ1) is 19.1. The number of nitrogens with one attached hydrogen (secondary N) is 1. The van der Waals surface area contributed by atoms with Crippen LogP contribution in [0.2, 0.25) is 0 Å². The third-order valence-corrected chi connectivity index (χ3v) is 4.30. The van der Waals surface area contributed by atoms with E-state index in [9.17, 15) is 14.4 Å². The second kappa shape index (κ2) is 8.35. The molecule has 0 atom stereocenters. The van der Waals surface area contributed by atoms with E-state index in [1.54, 1.807) is 43.6 Å². The van der Waals surface area contributed by atoms with Gasteiger partial charge >= 0.3 is 0 Å². The summed E-state index contributed by atoms with van der Waals surface area (Å²) in [5.41, 5.74) is 1.61. The molecule has 142 valence electrons. The second-order valence-electron chi connectivity index (χ2n) is 6.29. The number of carbonyl (C=O) groups excluding carboxylic acids is 2. The maximum Gasteiger partial charge on any atom is 0.263 e. The van der Waals surface area contributed by atoms with E-state index in [0.717, 1.165) is 5.56 Å². The second-order valence-corrected chi connectivity index (χ2v) is 6.29. The van der Waals surface area contributed by atoms with Crippen LogP contribution >= 0.6 is 0 Å². The minimum atomic E-state index is -0.499. The zero-order chi connectivity index (χ0) is 20.1. The van der Waals surface area contributed by atoms with E-state index >= 15 is 0 Å². The first-order chi connectivity index (χ1) is 13.5. The lowest BCUT2D eigenvalue weighted by molar-refractivity contribution is 0.101. The van der Waals surface area contributed by atoms with E-state index in [0.29, 0.717) is 23.5 Å². The Hall–Kier alpha value is -3.67. The first-order valence-corrected chi connectivity index (χ1v) is 8.72. The fourth-order valence-electron chi connectivity index (χ4n) is 2.79. The van der Waals surface area contributed by atoms with Crippen LogP contribution in [-0.2, 0) is 6.54 Å². The molecule has 1 amide bonds. The molecule has 28 heavy (non-hydrogen) atoms. The number of hydrogen-bond acceptors (Lipinski definition) is 4. The Morgan fingerprint density at radius 3 is 2.46 bits per heavy atom. The average molecular weight is 376 g/mol. The molecule has 3 aromatic rings. The maximum atomic E-state index is 12.7. The number of ketones is 1. The van der Waals surface area contributed by atoms with Crippen LogP contribution in [0.5, 0.6) is 5.75 Å². The van der Waals surface area contributed by atoms with Crippen molar-refractivity contribution in [3.63, 3.8) is 0 Å². The number of anilines is 1. The molecular weight excluding hydrogens is 356 g/mol. The van der Waals surface area contributed by atoms with Crippen molar-refractivity contribution < 1.29 is 14.3 Å². The lowest BCUT2D eigenvalue weighted by Gasteiger charge is -2.10. The summed E-state index contributed by atoms with van der Waals surface area (Å²) < 4.78 is 6.68. The predicted octanol–water partition coefficient (Wildman–Crippen LogP) is 3.36. The molecule has 0 saturated carbocycles. The van der Waals surface area contributed by atoms with Gasteiger partial charge in [0, 0.05) is 17.4 Å². The number of pyridine rings is 1. The highest BCUT2D eigenvalue weighted by molar-refractivity contribution is 6.04. The number of carbonyl (C=O) groups is 2. The van der Waals surface area contributed by atoms with Gasteiger partial charge in [-0.25, -0.2) is 0 Å². The molecule has 3 rings (SSSR count). The molecule has 2 aromatic carbocycles. The minimum absolute atomic E-state index is 0.0426. The van der Waals surface area contributed by atoms with E-state index in [4.69, 9.17) is 4.74 Å². The molecule has 0 radical (unpaired) electrons. The third-order valence-electron chi connectivity index (χ3n) is 4.30. The van der Waals surface area contributed by atoms with E-state index in [-0.39, 0.29) is 16.9 Å². The normalized spacial score (nSPS) is 10.4. The topological polar surface area (TPSA) is 77.4 Å².